The maximum atomic E-state index is 13.6. The molecule has 2 aliphatic heterocycles. The molecule has 404 valence electrons. The number of hydrogen-bond acceptors (Lipinski definition) is 16. The number of nitrogens with zero attached hydrogens (tertiary/aromatic N) is 2. The zero-order valence-corrected chi connectivity index (χ0v) is 45.6. The molecule has 0 bridgehead atoms. The second kappa shape index (κ2) is 33.8. The minimum Gasteiger partial charge on any atom is -0.744 e. The fraction of sp³-hybridized carbons (Fsp3) is 0.750. The van der Waals surface area contributed by atoms with Gasteiger partial charge in [0, 0.05) is 48.0 Å². The summed E-state index contributed by atoms with van der Waals surface area (Å²) in [6, 6.07) is 6.87. The summed E-state index contributed by atoms with van der Waals surface area (Å²) in [7, 11) is -4.81. The number of hydrogen-bond donors (Lipinski definition) is 8. The third-order valence-corrected chi connectivity index (χ3v) is 14.9. The van der Waals surface area contributed by atoms with Crippen molar-refractivity contribution in [3.63, 3.8) is 0 Å². The Morgan fingerprint density at radius 1 is 0.708 bits per heavy atom. The van der Waals surface area contributed by atoms with E-state index in [1.54, 1.807) is 0 Å². The van der Waals surface area contributed by atoms with Gasteiger partial charge in [0.2, 0.25) is 5.91 Å². The Morgan fingerprint density at radius 2 is 1.22 bits per heavy atom. The maximum Gasteiger partial charge on any atom is 1.00 e. The first-order valence-electron chi connectivity index (χ1n) is 26.3. The molecule has 1 fully saturated rings. The Hall–Kier alpha value is -2.18. The minimum absolute atomic E-state index is 0. The Balaban J connectivity index is 0.0000137. The Labute approximate surface area is 448 Å². The molecule has 0 aromatic heterocycles. The third-order valence-electron chi connectivity index (χ3n) is 14.0. The fourth-order valence-corrected chi connectivity index (χ4v) is 10.4. The number of benzene rings is 2. The smallest absolute Gasteiger partial charge is 0.744 e. The van der Waals surface area contributed by atoms with Crippen LogP contribution in [-0.4, -0.2) is 169 Å². The summed E-state index contributed by atoms with van der Waals surface area (Å²) in [5.41, 5.74) is 0.379. The summed E-state index contributed by atoms with van der Waals surface area (Å²) < 4.78 is 46.4. The van der Waals surface area contributed by atoms with Gasteiger partial charge in [0.25, 0.3) is 11.8 Å². The van der Waals surface area contributed by atoms with Crippen molar-refractivity contribution in [3.05, 3.63) is 41.5 Å². The number of unbranched alkanes of at least 4 members (excludes halogenated alkanes) is 21. The van der Waals surface area contributed by atoms with E-state index in [1.165, 1.54) is 91.9 Å². The van der Waals surface area contributed by atoms with Crippen molar-refractivity contribution in [2.45, 2.75) is 221 Å². The van der Waals surface area contributed by atoms with Crippen LogP contribution in [0.2, 0.25) is 0 Å². The molecule has 2 aliphatic rings. The molecule has 0 spiro atoms. The van der Waals surface area contributed by atoms with E-state index in [0.29, 0.717) is 25.8 Å². The minimum atomic E-state index is -4.81. The number of amides is 3. The van der Waals surface area contributed by atoms with E-state index in [9.17, 15) is 68.2 Å². The van der Waals surface area contributed by atoms with Crippen LogP contribution in [0, 0.1) is 0 Å². The summed E-state index contributed by atoms with van der Waals surface area (Å²) in [6.07, 6.45) is 8.22. The molecule has 0 aliphatic carbocycles. The Morgan fingerprint density at radius 3 is 1.75 bits per heavy atom. The van der Waals surface area contributed by atoms with E-state index in [4.69, 9.17) is 9.47 Å². The molecule has 2 heterocycles. The number of ether oxygens (including phenoxy) is 2. The molecule has 9 atom stereocenters. The fourth-order valence-electron chi connectivity index (χ4n) is 9.69. The summed E-state index contributed by atoms with van der Waals surface area (Å²) in [4.78, 5) is 42.5. The number of aliphatic hydroxyl groups excluding tert-OH is 8. The van der Waals surface area contributed by atoms with Gasteiger partial charge in [0.1, 0.15) is 58.9 Å². The average Bonchev–Trinajstić information content (AvgIpc) is 3.35. The molecule has 0 saturated carbocycles. The van der Waals surface area contributed by atoms with Crippen molar-refractivity contribution in [1.82, 2.24) is 9.80 Å². The van der Waals surface area contributed by atoms with Crippen LogP contribution in [0.25, 0.3) is 10.8 Å². The van der Waals surface area contributed by atoms with Crippen LogP contribution < -0.4 is 29.6 Å². The van der Waals surface area contributed by atoms with Crippen molar-refractivity contribution in [3.8, 4) is 0 Å². The molecule has 8 N–H and O–H groups in total. The Kier molecular flexibility index (Phi) is 30.1. The normalized spacial score (nSPS) is 20.9. The van der Waals surface area contributed by atoms with Gasteiger partial charge in [0.05, 0.1) is 18.1 Å². The van der Waals surface area contributed by atoms with E-state index >= 15 is 0 Å². The number of carbonyl (C=O) groups excluding carboxylic acids is 3. The first kappa shape index (κ1) is 64.1. The van der Waals surface area contributed by atoms with Crippen LogP contribution in [0.1, 0.15) is 182 Å². The maximum absolute atomic E-state index is 13.6. The van der Waals surface area contributed by atoms with Gasteiger partial charge in [-0.1, -0.05) is 147 Å². The van der Waals surface area contributed by atoms with Crippen LogP contribution >= 0.6 is 0 Å². The molecule has 72 heavy (non-hydrogen) atoms. The van der Waals surface area contributed by atoms with E-state index in [0.717, 1.165) is 76.7 Å². The standard InChI is InChI=1S/C52H84N2O16S.Na/c1-2-3-4-5-6-7-8-9-10-13-16-19-22-28-43(59)53(33-39(57)45(60)49(40(58)34-55)70-52-48(63)47(62)46(61)41(35-56)69-52)31-23-20-17-14-11-12-15-18-21-24-32-54-50(64)37-27-25-26-36-42(71(66,67)68)30-29-38(44(36)37)51(54)65;/h25-27,29-30,39-41,45-49,52,55-58,60-63H,2-24,28,31-35H2,1H3,(H,66,67,68);/q;+1/p-1/t39-,40+,41+,45+,46-,47-,48+,49+,52-;/m0./s1. The molecule has 1 saturated heterocycles. The molecule has 3 amide bonds. The van der Waals surface area contributed by atoms with Gasteiger partial charge >= 0.3 is 29.6 Å². The second-order valence-corrected chi connectivity index (χ2v) is 20.9. The van der Waals surface area contributed by atoms with E-state index in [-0.39, 0.29) is 76.9 Å². The summed E-state index contributed by atoms with van der Waals surface area (Å²) in [5, 5.41) is 83.7. The average molecular weight is 1050 g/mol. The monoisotopic (exact) mass is 1050 g/mol. The topological polar surface area (TPSA) is 295 Å². The molecule has 2 aromatic rings. The first-order valence-corrected chi connectivity index (χ1v) is 27.7. The van der Waals surface area contributed by atoms with E-state index in [2.05, 4.69) is 6.92 Å². The first-order chi connectivity index (χ1) is 34.1. The second-order valence-electron chi connectivity index (χ2n) is 19.5. The molecule has 4 rings (SSSR count). The Bertz CT molecular complexity index is 2010. The van der Waals surface area contributed by atoms with E-state index in [1.807, 2.05) is 0 Å². The van der Waals surface area contributed by atoms with Crippen molar-refractivity contribution in [2.24, 2.45) is 0 Å². The zero-order chi connectivity index (χ0) is 51.9. The van der Waals surface area contributed by atoms with Gasteiger partial charge in [-0.3, -0.25) is 19.3 Å². The van der Waals surface area contributed by atoms with Crippen LogP contribution in [0.15, 0.2) is 35.2 Å². The predicted molar refractivity (Wildman–Crippen MR) is 264 cm³/mol. The predicted octanol–water partition coefficient (Wildman–Crippen LogP) is 1.81. The van der Waals surface area contributed by atoms with Crippen molar-refractivity contribution < 1.29 is 107 Å². The molecule has 18 nitrogen and oxygen atoms in total. The number of carbonyl (C=O) groups is 3. The van der Waals surface area contributed by atoms with Crippen LogP contribution in [-0.2, 0) is 24.4 Å². The molecule has 0 unspecified atom stereocenters. The number of aliphatic hydroxyl groups is 8. The van der Waals surface area contributed by atoms with Gasteiger partial charge in [-0.05, 0) is 37.5 Å². The van der Waals surface area contributed by atoms with Crippen molar-refractivity contribution >= 4 is 38.6 Å². The summed E-state index contributed by atoms with van der Waals surface area (Å²) >= 11 is 0. The van der Waals surface area contributed by atoms with Crippen LogP contribution in [0.5, 0.6) is 0 Å². The number of imide groups is 1. The van der Waals surface area contributed by atoms with Gasteiger partial charge in [-0.25, -0.2) is 8.42 Å². The summed E-state index contributed by atoms with van der Waals surface area (Å²) in [6.45, 7) is 0.748. The third kappa shape index (κ3) is 19.4. The van der Waals surface area contributed by atoms with Gasteiger partial charge < -0.3 is 59.8 Å². The molecule has 0 radical (unpaired) electrons. The molecule has 20 heteroatoms. The van der Waals surface area contributed by atoms with Gasteiger partial charge in [-0.15, -0.1) is 0 Å². The summed E-state index contributed by atoms with van der Waals surface area (Å²) in [5.74, 6) is -1.23. The quantitative estimate of drug-likeness (QED) is 0.0207. The largest absolute Gasteiger partial charge is 1.00 e. The van der Waals surface area contributed by atoms with Crippen LogP contribution in [0.4, 0.5) is 0 Å². The SMILES string of the molecule is CCCCCCCCCCCCCCCC(=O)N(CCCCCCCCCCCCN1C(=O)c2cccc3c(S(=O)(=O)[O-])ccc(c23)C1=O)C[C@H](O)[C@@H](O)[C@H](O[C@@H]1O[C@H](CO)[C@H](O)[C@H](O)[C@H]1O)[C@H](O)CO.[Na+]. The number of rotatable bonds is 37. The van der Waals surface area contributed by atoms with Gasteiger partial charge in [-0.2, -0.15) is 0 Å². The van der Waals surface area contributed by atoms with E-state index < -0.39 is 95.2 Å². The van der Waals surface area contributed by atoms with Crippen molar-refractivity contribution in [1.29, 1.82) is 0 Å². The van der Waals surface area contributed by atoms with Crippen molar-refractivity contribution in [2.75, 3.05) is 32.8 Å². The molecular weight excluding hydrogens is 964 g/mol. The van der Waals surface area contributed by atoms with Gasteiger partial charge in [0.15, 0.2) is 6.29 Å². The zero-order valence-electron chi connectivity index (χ0n) is 42.7. The molecular formula is C52H83N2NaO16S. The molecule has 2 aromatic carbocycles. The van der Waals surface area contributed by atoms with Crippen LogP contribution in [0.3, 0.4) is 0 Å².